The van der Waals surface area contributed by atoms with Gasteiger partial charge in [-0.15, -0.1) is 0 Å². The normalized spacial score (nSPS) is 19.3. The lowest BCUT2D eigenvalue weighted by atomic mass is 9.75. The average molecular weight is 274 g/mol. The Morgan fingerprint density at radius 3 is 2.50 bits per heavy atom. The molecule has 0 unspecified atom stereocenters. The van der Waals surface area contributed by atoms with Gasteiger partial charge in [-0.25, -0.2) is 9.67 Å². The highest BCUT2D eigenvalue weighted by molar-refractivity contribution is 5.06. The van der Waals surface area contributed by atoms with E-state index in [0.29, 0.717) is 5.92 Å². The molecule has 1 aromatic heterocycles. The minimum Gasteiger partial charge on any atom is -0.250 e. The molecule has 110 valence electrons. The summed E-state index contributed by atoms with van der Waals surface area (Å²) in [7, 11) is 0. The van der Waals surface area contributed by atoms with Crippen LogP contribution >= 0.6 is 0 Å². The molecule has 0 aliphatic heterocycles. The summed E-state index contributed by atoms with van der Waals surface area (Å²) in [5.41, 5.74) is -0.220. The summed E-state index contributed by atoms with van der Waals surface area (Å²) in [4.78, 5) is 4.41. The lowest BCUT2D eigenvalue weighted by Crippen LogP contribution is -2.25. The first kappa shape index (κ1) is 15.0. The molecule has 1 aliphatic carbocycles. The van der Waals surface area contributed by atoms with Gasteiger partial charge in [0, 0.05) is 13.0 Å². The van der Waals surface area contributed by atoms with E-state index in [1.807, 2.05) is 4.68 Å². The Hall–Kier alpha value is -1.37. The smallest absolute Gasteiger partial charge is 0.138 e. The first-order chi connectivity index (χ1) is 9.65. The standard InChI is InChI=1S/C16H26N4/c1-14(2)11-20-15(18-13-19-20)10-16(12-17)8-6-4-3-5-7-9-16/h13-14H,3-11H2,1-2H3. The summed E-state index contributed by atoms with van der Waals surface area (Å²) in [6, 6.07) is 2.62. The van der Waals surface area contributed by atoms with Gasteiger partial charge in [-0.1, -0.05) is 46.0 Å². The summed E-state index contributed by atoms with van der Waals surface area (Å²) < 4.78 is 1.99. The third kappa shape index (κ3) is 3.82. The van der Waals surface area contributed by atoms with Gasteiger partial charge < -0.3 is 0 Å². The molecule has 4 nitrogen and oxygen atoms in total. The Kier molecular flexibility index (Phi) is 5.17. The van der Waals surface area contributed by atoms with Crippen molar-refractivity contribution < 1.29 is 0 Å². The Morgan fingerprint density at radius 2 is 1.90 bits per heavy atom. The highest BCUT2D eigenvalue weighted by Gasteiger charge is 2.32. The topological polar surface area (TPSA) is 54.5 Å². The van der Waals surface area contributed by atoms with Crippen LogP contribution in [0.25, 0.3) is 0 Å². The number of rotatable bonds is 4. The maximum atomic E-state index is 9.72. The van der Waals surface area contributed by atoms with Crippen molar-refractivity contribution >= 4 is 0 Å². The van der Waals surface area contributed by atoms with Crippen molar-refractivity contribution in [1.82, 2.24) is 14.8 Å². The summed E-state index contributed by atoms with van der Waals surface area (Å²) >= 11 is 0. The highest BCUT2D eigenvalue weighted by Crippen LogP contribution is 2.36. The largest absolute Gasteiger partial charge is 0.250 e. The maximum absolute atomic E-state index is 9.72. The second kappa shape index (κ2) is 6.88. The summed E-state index contributed by atoms with van der Waals surface area (Å²) in [6.45, 7) is 5.25. The van der Waals surface area contributed by atoms with E-state index in [0.717, 1.165) is 31.6 Å². The Morgan fingerprint density at radius 1 is 1.25 bits per heavy atom. The van der Waals surface area contributed by atoms with Gasteiger partial charge in [0.05, 0.1) is 11.5 Å². The van der Waals surface area contributed by atoms with E-state index < -0.39 is 0 Å². The maximum Gasteiger partial charge on any atom is 0.138 e. The number of nitriles is 1. The molecule has 0 saturated heterocycles. The van der Waals surface area contributed by atoms with Crippen molar-refractivity contribution in [3.63, 3.8) is 0 Å². The number of hydrogen-bond donors (Lipinski definition) is 0. The summed E-state index contributed by atoms with van der Waals surface area (Å²) in [5, 5.41) is 14.0. The van der Waals surface area contributed by atoms with Gasteiger partial charge in [-0.05, 0) is 18.8 Å². The van der Waals surface area contributed by atoms with E-state index in [9.17, 15) is 5.26 Å². The minimum absolute atomic E-state index is 0.220. The average Bonchev–Trinajstić information content (AvgIpc) is 2.79. The second-order valence-corrected chi connectivity index (χ2v) is 6.59. The monoisotopic (exact) mass is 274 g/mol. The Labute approximate surface area is 122 Å². The Bertz CT molecular complexity index is 447. The molecule has 0 amide bonds. The van der Waals surface area contributed by atoms with Crippen LogP contribution in [0.1, 0.15) is 64.6 Å². The molecule has 4 heteroatoms. The molecular formula is C16H26N4. The fraction of sp³-hybridized carbons (Fsp3) is 0.812. The zero-order valence-corrected chi connectivity index (χ0v) is 12.8. The molecule has 1 aromatic rings. The van der Waals surface area contributed by atoms with Crippen LogP contribution in [-0.4, -0.2) is 14.8 Å². The fourth-order valence-corrected chi connectivity index (χ4v) is 3.14. The molecule has 1 aliphatic rings. The van der Waals surface area contributed by atoms with E-state index in [4.69, 9.17) is 0 Å². The minimum atomic E-state index is -0.220. The lowest BCUT2D eigenvalue weighted by Gasteiger charge is -2.28. The van der Waals surface area contributed by atoms with Crippen LogP contribution in [0.4, 0.5) is 0 Å². The second-order valence-electron chi connectivity index (χ2n) is 6.59. The van der Waals surface area contributed by atoms with Crippen molar-refractivity contribution in [2.75, 3.05) is 0 Å². The van der Waals surface area contributed by atoms with Gasteiger partial charge >= 0.3 is 0 Å². The predicted octanol–water partition coefficient (Wildman–Crippen LogP) is 3.73. The van der Waals surface area contributed by atoms with Crippen LogP contribution in [0.15, 0.2) is 6.33 Å². The third-order valence-corrected chi connectivity index (χ3v) is 4.28. The molecular weight excluding hydrogens is 248 g/mol. The zero-order valence-electron chi connectivity index (χ0n) is 12.8. The van der Waals surface area contributed by atoms with Crippen LogP contribution in [0.5, 0.6) is 0 Å². The molecule has 2 rings (SSSR count). The van der Waals surface area contributed by atoms with Crippen LogP contribution < -0.4 is 0 Å². The molecule has 20 heavy (non-hydrogen) atoms. The quantitative estimate of drug-likeness (QED) is 0.840. The van der Waals surface area contributed by atoms with Gasteiger partial charge in [0.25, 0.3) is 0 Å². The van der Waals surface area contributed by atoms with Crippen molar-refractivity contribution in [2.45, 2.75) is 71.8 Å². The molecule has 1 saturated carbocycles. The third-order valence-electron chi connectivity index (χ3n) is 4.28. The van der Waals surface area contributed by atoms with Crippen molar-refractivity contribution in [3.8, 4) is 6.07 Å². The van der Waals surface area contributed by atoms with E-state index >= 15 is 0 Å². The van der Waals surface area contributed by atoms with Crippen LogP contribution in [0.2, 0.25) is 0 Å². The summed E-state index contributed by atoms with van der Waals surface area (Å²) in [5.74, 6) is 1.53. The van der Waals surface area contributed by atoms with E-state index in [1.54, 1.807) is 6.33 Å². The highest BCUT2D eigenvalue weighted by atomic mass is 15.3. The predicted molar refractivity (Wildman–Crippen MR) is 78.9 cm³/mol. The zero-order chi connectivity index (χ0) is 14.4. The molecule has 0 spiro atoms. The first-order valence-electron chi connectivity index (χ1n) is 7.93. The van der Waals surface area contributed by atoms with E-state index in [2.05, 4.69) is 30.0 Å². The van der Waals surface area contributed by atoms with Gasteiger partial charge in [0.2, 0.25) is 0 Å². The van der Waals surface area contributed by atoms with Crippen LogP contribution in [0, 0.1) is 22.7 Å². The van der Waals surface area contributed by atoms with Crippen molar-refractivity contribution in [2.24, 2.45) is 11.3 Å². The van der Waals surface area contributed by atoms with Crippen molar-refractivity contribution in [3.05, 3.63) is 12.2 Å². The molecule has 1 fully saturated rings. The molecule has 1 heterocycles. The SMILES string of the molecule is CC(C)Cn1ncnc1CC1(C#N)CCCCCCC1. The van der Waals surface area contributed by atoms with Crippen LogP contribution in [-0.2, 0) is 13.0 Å². The molecule has 0 radical (unpaired) electrons. The van der Waals surface area contributed by atoms with E-state index in [-0.39, 0.29) is 5.41 Å². The van der Waals surface area contributed by atoms with Gasteiger partial charge in [-0.2, -0.15) is 10.4 Å². The Balaban J connectivity index is 2.12. The van der Waals surface area contributed by atoms with Crippen LogP contribution in [0.3, 0.4) is 0 Å². The number of aromatic nitrogens is 3. The molecule has 0 N–H and O–H groups in total. The fourth-order valence-electron chi connectivity index (χ4n) is 3.14. The van der Waals surface area contributed by atoms with E-state index in [1.165, 1.54) is 32.1 Å². The van der Waals surface area contributed by atoms with Crippen molar-refractivity contribution in [1.29, 1.82) is 5.26 Å². The molecule has 0 aromatic carbocycles. The first-order valence-corrected chi connectivity index (χ1v) is 7.93. The van der Waals surface area contributed by atoms with Gasteiger partial charge in [-0.3, -0.25) is 0 Å². The molecule has 0 atom stereocenters. The van der Waals surface area contributed by atoms with Gasteiger partial charge in [0.1, 0.15) is 12.2 Å². The lowest BCUT2D eigenvalue weighted by molar-refractivity contribution is 0.276. The summed E-state index contributed by atoms with van der Waals surface area (Å²) in [6.07, 6.45) is 10.6. The number of nitrogens with zero attached hydrogens (tertiary/aromatic N) is 4. The molecule has 0 bridgehead atoms. The number of hydrogen-bond acceptors (Lipinski definition) is 3. The van der Waals surface area contributed by atoms with Gasteiger partial charge in [0.15, 0.2) is 0 Å².